The van der Waals surface area contributed by atoms with Crippen molar-refractivity contribution in [3.63, 3.8) is 0 Å². The summed E-state index contributed by atoms with van der Waals surface area (Å²) < 4.78 is 5.21. The molecule has 1 aliphatic heterocycles. The Morgan fingerprint density at radius 3 is 2.43 bits per heavy atom. The molecule has 1 heterocycles. The average Bonchev–Trinajstić information content (AvgIpc) is 3.31. The highest BCUT2D eigenvalue weighted by atomic mass is 16.5. The summed E-state index contributed by atoms with van der Waals surface area (Å²) in [7, 11) is 0. The van der Waals surface area contributed by atoms with Gasteiger partial charge in [0.1, 0.15) is 6.04 Å². The highest BCUT2D eigenvalue weighted by Gasteiger charge is 2.31. The van der Waals surface area contributed by atoms with Crippen LogP contribution in [0.3, 0.4) is 0 Å². The molecule has 0 aromatic carbocycles. The van der Waals surface area contributed by atoms with Gasteiger partial charge in [0.05, 0.1) is 6.61 Å². The Labute approximate surface area is 129 Å². The Balaban J connectivity index is 1.79. The summed E-state index contributed by atoms with van der Waals surface area (Å²) in [6.07, 6.45) is 3.59. The Hall–Kier alpha value is -0.650. The molecule has 2 aliphatic rings. The maximum atomic E-state index is 12.1. The number of ether oxygens (including phenoxy) is 1. The van der Waals surface area contributed by atoms with E-state index in [1.165, 1.54) is 19.3 Å². The molecule has 1 N–H and O–H groups in total. The number of nitrogens with zero attached hydrogens (tertiary/aromatic N) is 2. The van der Waals surface area contributed by atoms with Crippen molar-refractivity contribution in [1.82, 2.24) is 15.1 Å². The van der Waals surface area contributed by atoms with Gasteiger partial charge in [-0.3, -0.25) is 14.6 Å². The number of piperazine rings is 1. The Kier molecular flexibility index (Phi) is 6.45. The van der Waals surface area contributed by atoms with Gasteiger partial charge < -0.3 is 10.1 Å². The van der Waals surface area contributed by atoms with E-state index in [0.29, 0.717) is 18.7 Å². The van der Waals surface area contributed by atoms with E-state index in [-0.39, 0.29) is 12.0 Å². The Morgan fingerprint density at radius 2 is 1.90 bits per heavy atom. The molecule has 1 saturated carbocycles. The molecule has 2 rings (SSSR count). The fourth-order valence-corrected chi connectivity index (χ4v) is 2.88. The zero-order valence-electron chi connectivity index (χ0n) is 13.8. The largest absolute Gasteiger partial charge is 0.465 e. The third-order valence-corrected chi connectivity index (χ3v) is 4.65. The Bertz CT molecular complexity index is 325. The van der Waals surface area contributed by atoms with Crippen molar-refractivity contribution in [2.45, 2.75) is 58.2 Å². The molecule has 1 aliphatic carbocycles. The topological polar surface area (TPSA) is 44.8 Å². The summed E-state index contributed by atoms with van der Waals surface area (Å²) in [4.78, 5) is 17.0. The lowest BCUT2D eigenvalue weighted by atomic mass is 10.1. The van der Waals surface area contributed by atoms with E-state index in [9.17, 15) is 4.79 Å². The quantitative estimate of drug-likeness (QED) is 0.679. The van der Waals surface area contributed by atoms with E-state index >= 15 is 0 Å². The van der Waals surface area contributed by atoms with Gasteiger partial charge in [0.2, 0.25) is 0 Å². The van der Waals surface area contributed by atoms with Crippen molar-refractivity contribution >= 4 is 5.97 Å². The molecule has 0 spiro atoms. The van der Waals surface area contributed by atoms with Gasteiger partial charge in [-0.05, 0) is 33.1 Å². The zero-order valence-corrected chi connectivity index (χ0v) is 13.8. The van der Waals surface area contributed by atoms with Crippen LogP contribution in [-0.4, -0.2) is 73.2 Å². The van der Waals surface area contributed by atoms with Gasteiger partial charge >= 0.3 is 5.97 Å². The second kappa shape index (κ2) is 8.11. The molecule has 0 radical (unpaired) electrons. The molecule has 122 valence electrons. The number of hydrogen-bond donors (Lipinski definition) is 1. The second-order valence-corrected chi connectivity index (χ2v) is 6.34. The normalized spacial score (nSPS) is 23.8. The van der Waals surface area contributed by atoms with Crippen molar-refractivity contribution in [2.24, 2.45) is 0 Å². The highest BCUT2D eigenvalue weighted by molar-refractivity contribution is 5.76. The predicted molar refractivity (Wildman–Crippen MR) is 84.3 cm³/mol. The highest BCUT2D eigenvalue weighted by Crippen LogP contribution is 2.20. The fraction of sp³-hybridized carbons (Fsp3) is 0.938. The maximum Gasteiger partial charge on any atom is 0.324 e. The molecular weight excluding hydrogens is 266 g/mol. The summed E-state index contributed by atoms with van der Waals surface area (Å²) >= 11 is 0. The Morgan fingerprint density at radius 1 is 1.24 bits per heavy atom. The minimum Gasteiger partial charge on any atom is -0.465 e. The molecule has 2 atom stereocenters. The number of hydrogen-bond acceptors (Lipinski definition) is 5. The van der Waals surface area contributed by atoms with Crippen LogP contribution in [0.1, 0.15) is 40.0 Å². The summed E-state index contributed by atoms with van der Waals surface area (Å²) in [5.41, 5.74) is 0. The molecule has 0 aromatic rings. The van der Waals surface area contributed by atoms with Crippen molar-refractivity contribution in [1.29, 1.82) is 0 Å². The van der Waals surface area contributed by atoms with E-state index < -0.39 is 0 Å². The first-order chi connectivity index (χ1) is 10.1. The van der Waals surface area contributed by atoms with Crippen LogP contribution in [0.4, 0.5) is 0 Å². The van der Waals surface area contributed by atoms with Crippen LogP contribution < -0.4 is 5.32 Å². The van der Waals surface area contributed by atoms with Gasteiger partial charge in [-0.15, -0.1) is 0 Å². The summed E-state index contributed by atoms with van der Waals surface area (Å²) in [6, 6.07) is 1.03. The molecule has 2 unspecified atom stereocenters. The van der Waals surface area contributed by atoms with E-state index in [0.717, 1.165) is 32.7 Å². The molecule has 5 heteroatoms. The van der Waals surface area contributed by atoms with E-state index in [1.807, 2.05) is 6.92 Å². The first-order valence-corrected chi connectivity index (χ1v) is 8.53. The molecule has 5 nitrogen and oxygen atoms in total. The molecular formula is C16H31N3O2. The van der Waals surface area contributed by atoms with Crippen LogP contribution >= 0.6 is 0 Å². The van der Waals surface area contributed by atoms with Crippen LogP contribution in [0.15, 0.2) is 0 Å². The van der Waals surface area contributed by atoms with Crippen LogP contribution in [0.2, 0.25) is 0 Å². The van der Waals surface area contributed by atoms with Crippen molar-refractivity contribution in [3.8, 4) is 0 Å². The smallest absolute Gasteiger partial charge is 0.324 e. The number of nitrogens with one attached hydrogen (secondary N) is 1. The number of rotatable bonds is 8. The van der Waals surface area contributed by atoms with E-state index in [1.54, 1.807) is 0 Å². The van der Waals surface area contributed by atoms with Crippen LogP contribution in [0.5, 0.6) is 0 Å². The molecule has 2 fully saturated rings. The second-order valence-electron chi connectivity index (χ2n) is 6.34. The minimum atomic E-state index is -0.160. The predicted octanol–water partition coefficient (Wildman–Crippen LogP) is 1.09. The van der Waals surface area contributed by atoms with E-state index in [4.69, 9.17) is 4.74 Å². The zero-order chi connectivity index (χ0) is 15.2. The third-order valence-electron chi connectivity index (χ3n) is 4.65. The maximum absolute atomic E-state index is 12.1. The summed E-state index contributed by atoms with van der Waals surface area (Å²) in [5.74, 6) is -0.0891. The number of carbonyl (C=O) groups is 1. The molecule has 0 bridgehead atoms. The number of carbonyl (C=O) groups excluding carboxylic acids is 1. The van der Waals surface area contributed by atoms with Crippen LogP contribution in [0, 0.1) is 0 Å². The van der Waals surface area contributed by atoms with Crippen LogP contribution in [-0.2, 0) is 9.53 Å². The van der Waals surface area contributed by atoms with Gasteiger partial charge in [0.25, 0.3) is 0 Å². The van der Waals surface area contributed by atoms with Gasteiger partial charge in [-0.1, -0.05) is 6.92 Å². The standard InChI is InChI=1S/C16H31N3O2/c1-4-13(3)19-10-8-18(9-11-19)12-15(16(20)21-5-2)17-14-6-7-14/h13-15,17H,4-12H2,1-3H3. The minimum absolute atomic E-state index is 0.0891. The van der Waals surface area contributed by atoms with Crippen molar-refractivity contribution < 1.29 is 9.53 Å². The van der Waals surface area contributed by atoms with E-state index in [2.05, 4.69) is 29.0 Å². The first kappa shape index (κ1) is 16.7. The van der Waals surface area contributed by atoms with Crippen molar-refractivity contribution in [3.05, 3.63) is 0 Å². The number of esters is 1. The SMILES string of the molecule is CCOC(=O)C(CN1CCN(C(C)CC)CC1)NC1CC1. The van der Waals surface area contributed by atoms with Gasteiger partial charge in [0.15, 0.2) is 0 Å². The lowest BCUT2D eigenvalue weighted by molar-refractivity contribution is -0.146. The first-order valence-electron chi connectivity index (χ1n) is 8.53. The fourth-order valence-electron chi connectivity index (χ4n) is 2.88. The lowest BCUT2D eigenvalue weighted by Crippen LogP contribution is -2.54. The molecule has 1 saturated heterocycles. The van der Waals surface area contributed by atoms with Gasteiger partial charge in [0, 0.05) is 44.8 Å². The summed E-state index contributed by atoms with van der Waals surface area (Å²) in [6.45, 7) is 12.0. The van der Waals surface area contributed by atoms with Gasteiger partial charge in [-0.2, -0.15) is 0 Å². The average molecular weight is 297 g/mol. The third kappa shape index (κ3) is 5.24. The van der Waals surface area contributed by atoms with Gasteiger partial charge in [-0.25, -0.2) is 0 Å². The molecule has 21 heavy (non-hydrogen) atoms. The monoisotopic (exact) mass is 297 g/mol. The van der Waals surface area contributed by atoms with Crippen molar-refractivity contribution in [2.75, 3.05) is 39.3 Å². The summed E-state index contributed by atoms with van der Waals surface area (Å²) in [5, 5.41) is 3.44. The molecule has 0 aromatic heterocycles. The lowest BCUT2D eigenvalue weighted by Gasteiger charge is -2.38. The molecule has 0 amide bonds. The van der Waals surface area contributed by atoms with Crippen LogP contribution in [0.25, 0.3) is 0 Å².